The number of halogens is 7. The molecule has 90 valence electrons. The summed E-state index contributed by atoms with van der Waals surface area (Å²) in [5.74, 6) is -0.627. The van der Waals surface area contributed by atoms with Gasteiger partial charge in [-0.25, -0.2) is 13.8 Å². The summed E-state index contributed by atoms with van der Waals surface area (Å²) in [4.78, 5) is 3.30. The first-order valence-corrected chi connectivity index (χ1v) is 5.47. The third kappa shape index (κ3) is 3.68. The molecule has 0 atom stereocenters. The lowest BCUT2D eigenvalue weighted by Gasteiger charge is -2.12. The third-order valence-electron chi connectivity index (χ3n) is 1.35. The molecule has 1 heterocycles. The molecule has 0 aliphatic carbocycles. The van der Waals surface area contributed by atoms with E-state index in [0.717, 1.165) is 6.07 Å². The molecule has 1 rings (SSSR count). The Morgan fingerprint density at radius 1 is 1.38 bits per heavy atom. The fourth-order valence-corrected chi connectivity index (χ4v) is 2.36. The Morgan fingerprint density at radius 2 is 1.94 bits per heavy atom. The maximum Gasteiger partial charge on any atom is 0.573 e. The number of hydrogen-bond acceptors (Lipinski definition) is 2. The first-order chi connectivity index (χ1) is 7.20. The van der Waals surface area contributed by atoms with Crippen molar-refractivity contribution < 1.29 is 26.7 Å². The summed E-state index contributed by atoms with van der Waals surface area (Å²) in [7, 11) is 0. The van der Waals surface area contributed by atoms with Crippen LogP contribution in [-0.2, 0) is 0 Å². The maximum absolute atomic E-state index is 12.2. The van der Waals surface area contributed by atoms with Crippen molar-refractivity contribution in [3.63, 3.8) is 0 Å². The summed E-state index contributed by atoms with van der Waals surface area (Å²) < 4.78 is 63.4. The molecule has 0 aromatic carbocycles. The lowest BCUT2D eigenvalue weighted by atomic mass is 10.3. The molecule has 0 aliphatic heterocycles. The molecule has 1 aromatic rings. The number of aromatic nitrogens is 1. The largest absolute Gasteiger partial charge is 0.573 e. The molecule has 0 spiro atoms. The van der Waals surface area contributed by atoms with Crippen LogP contribution in [0.15, 0.2) is 10.5 Å². The lowest BCUT2D eigenvalue weighted by molar-refractivity contribution is -0.275. The van der Waals surface area contributed by atoms with E-state index in [0.29, 0.717) is 0 Å². The number of nitrogens with zero attached hydrogens (tertiary/aromatic N) is 1. The minimum atomic E-state index is -4.89. The molecule has 0 radical (unpaired) electrons. The van der Waals surface area contributed by atoms with E-state index in [2.05, 4.69) is 25.7 Å². The second kappa shape index (κ2) is 4.98. The van der Waals surface area contributed by atoms with Gasteiger partial charge in [0.05, 0.1) is 4.47 Å². The Labute approximate surface area is 108 Å². The first kappa shape index (κ1) is 13.9. The van der Waals surface area contributed by atoms with Gasteiger partial charge in [0, 0.05) is 0 Å². The number of ether oxygens (including phenoxy) is 1. The van der Waals surface area contributed by atoms with Crippen molar-refractivity contribution >= 4 is 38.5 Å². The molecule has 0 aliphatic rings. The number of hydrogen-bond donors (Lipinski definition) is 0. The molecule has 0 saturated heterocycles. The van der Waals surface area contributed by atoms with E-state index in [9.17, 15) is 22.0 Å². The highest BCUT2D eigenvalue weighted by molar-refractivity contribution is 14.1. The van der Waals surface area contributed by atoms with Crippen molar-refractivity contribution in [3.8, 4) is 5.75 Å². The Kier molecular flexibility index (Phi) is 4.32. The van der Waals surface area contributed by atoms with Gasteiger partial charge in [0.2, 0.25) is 0 Å². The van der Waals surface area contributed by atoms with Crippen LogP contribution < -0.4 is 4.74 Å². The predicted molar refractivity (Wildman–Crippen MR) is 56.3 cm³/mol. The zero-order valence-electron chi connectivity index (χ0n) is 7.16. The fraction of sp³-hybridized carbons (Fsp3) is 0.286. The van der Waals surface area contributed by atoms with E-state index in [4.69, 9.17) is 0 Å². The second-order valence-electron chi connectivity index (χ2n) is 2.50. The molecule has 0 N–H and O–H groups in total. The molecule has 0 bridgehead atoms. The Hall–Kier alpha value is -0.190. The predicted octanol–water partition coefficient (Wildman–Crippen LogP) is 4.28. The molecule has 2 nitrogen and oxygen atoms in total. The van der Waals surface area contributed by atoms with Gasteiger partial charge < -0.3 is 4.74 Å². The SMILES string of the molecule is FC(F)c1cc(Br)c(OC(F)(F)F)c(I)n1. The number of pyridine rings is 1. The molecular formula is C7H2BrF5INO. The van der Waals surface area contributed by atoms with Crippen LogP contribution in [-0.4, -0.2) is 11.3 Å². The maximum atomic E-state index is 12.2. The molecule has 16 heavy (non-hydrogen) atoms. The molecular weight excluding hydrogens is 416 g/mol. The van der Waals surface area contributed by atoms with Gasteiger partial charge >= 0.3 is 6.36 Å². The Bertz CT molecular complexity index is 374. The first-order valence-electron chi connectivity index (χ1n) is 3.60. The van der Waals surface area contributed by atoms with Crippen molar-refractivity contribution in [2.24, 2.45) is 0 Å². The van der Waals surface area contributed by atoms with Gasteiger partial charge in [0.25, 0.3) is 6.43 Å². The Balaban J connectivity index is 3.13. The van der Waals surface area contributed by atoms with Crippen LogP contribution in [0, 0.1) is 3.70 Å². The average Bonchev–Trinajstić information content (AvgIpc) is 2.09. The van der Waals surface area contributed by atoms with Crippen molar-refractivity contribution in [3.05, 3.63) is 19.9 Å². The summed E-state index contributed by atoms with van der Waals surface area (Å²) in [6, 6.07) is 0.786. The lowest BCUT2D eigenvalue weighted by Crippen LogP contribution is -2.18. The van der Waals surface area contributed by atoms with Gasteiger partial charge in [-0.3, -0.25) is 0 Å². The average molecular weight is 418 g/mol. The standard InChI is InChI=1S/C7H2BrF5INO/c8-2-1-3(5(9)10)15-6(14)4(2)16-7(11,12)13/h1,5H. The van der Waals surface area contributed by atoms with Crippen LogP contribution in [0.3, 0.4) is 0 Å². The highest BCUT2D eigenvalue weighted by atomic mass is 127. The smallest absolute Gasteiger partial charge is 0.402 e. The van der Waals surface area contributed by atoms with Gasteiger partial charge in [-0.1, -0.05) is 0 Å². The van der Waals surface area contributed by atoms with Crippen LogP contribution in [0.2, 0.25) is 0 Å². The van der Waals surface area contributed by atoms with Crippen molar-refractivity contribution in [2.75, 3.05) is 0 Å². The highest BCUT2D eigenvalue weighted by Gasteiger charge is 2.33. The van der Waals surface area contributed by atoms with E-state index < -0.39 is 24.2 Å². The van der Waals surface area contributed by atoms with E-state index >= 15 is 0 Å². The van der Waals surface area contributed by atoms with Gasteiger partial charge in [-0.15, -0.1) is 13.2 Å². The van der Waals surface area contributed by atoms with Crippen LogP contribution in [0.25, 0.3) is 0 Å². The molecule has 9 heteroatoms. The van der Waals surface area contributed by atoms with Crippen LogP contribution >= 0.6 is 38.5 Å². The van der Waals surface area contributed by atoms with Gasteiger partial charge in [-0.2, -0.15) is 0 Å². The second-order valence-corrected chi connectivity index (χ2v) is 4.37. The molecule has 0 unspecified atom stereocenters. The summed E-state index contributed by atoms with van der Waals surface area (Å²) in [6.45, 7) is 0. The topological polar surface area (TPSA) is 22.1 Å². The molecule has 0 amide bonds. The van der Waals surface area contributed by atoms with Crippen LogP contribution in [0.1, 0.15) is 12.1 Å². The van der Waals surface area contributed by atoms with Gasteiger partial charge in [0.1, 0.15) is 9.39 Å². The fourth-order valence-electron chi connectivity index (χ4n) is 0.809. The van der Waals surface area contributed by atoms with Crippen LogP contribution in [0.5, 0.6) is 5.75 Å². The third-order valence-corrected chi connectivity index (χ3v) is 2.67. The van der Waals surface area contributed by atoms with E-state index in [1.165, 1.54) is 22.6 Å². The zero-order valence-corrected chi connectivity index (χ0v) is 10.9. The molecule has 0 saturated carbocycles. The minimum Gasteiger partial charge on any atom is -0.402 e. The summed E-state index contributed by atoms with van der Waals surface area (Å²) in [5, 5.41) is 0. The van der Waals surface area contributed by atoms with Gasteiger partial charge in [-0.05, 0) is 44.6 Å². The van der Waals surface area contributed by atoms with E-state index in [1.54, 1.807) is 0 Å². The monoisotopic (exact) mass is 417 g/mol. The van der Waals surface area contributed by atoms with Gasteiger partial charge in [0.15, 0.2) is 5.75 Å². The summed E-state index contributed by atoms with van der Waals surface area (Å²) in [6.07, 6.45) is -7.75. The summed E-state index contributed by atoms with van der Waals surface area (Å²) in [5.41, 5.74) is -0.620. The quantitative estimate of drug-likeness (QED) is 0.407. The van der Waals surface area contributed by atoms with E-state index in [-0.39, 0.29) is 8.17 Å². The minimum absolute atomic E-state index is 0.223. The Morgan fingerprint density at radius 3 is 2.31 bits per heavy atom. The molecule has 0 fully saturated rings. The number of alkyl halides is 5. The van der Waals surface area contributed by atoms with Crippen molar-refractivity contribution in [2.45, 2.75) is 12.8 Å². The zero-order chi connectivity index (χ0) is 12.5. The summed E-state index contributed by atoms with van der Waals surface area (Å²) >= 11 is 4.10. The normalized spacial score (nSPS) is 12.0. The van der Waals surface area contributed by atoms with Crippen molar-refractivity contribution in [1.29, 1.82) is 0 Å². The van der Waals surface area contributed by atoms with E-state index in [1.807, 2.05) is 0 Å². The van der Waals surface area contributed by atoms with Crippen molar-refractivity contribution in [1.82, 2.24) is 4.98 Å². The molecule has 1 aromatic heterocycles. The number of rotatable bonds is 2. The van der Waals surface area contributed by atoms with Crippen LogP contribution in [0.4, 0.5) is 22.0 Å². The highest BCUT2D eigenvalue weighted by Crippen LogP contribution is 2.35.